The first-order valence-corrected chi connectivity index (χ1v) is 7.14. The molecule has 1 N–H and O–H groups in total. The first-order chi connectivity index (χ1) is 9.85. The Labute approximate surface area is 119 Å². The van der Waals surface area contributed by atoms with Crippen molar-refractivity contribution in [3.05, 3.63) is 53.8 Å². The number of rotatable bonds is 4. The number of hydrogen-bond acceptors (Lipinski definition) is 3. The molecule has 0 saturated heterocycles. The molecule has 0 bridgehead atoms. The van der Waals surface area contributed by atoms with Crippen LogP contribution in [0, 0.1) is 17.5 Å². The van der Waals surface area contributed by atoms with Gasteiger partial charge in [0.25, 0.3) is 10.0 Å². The molecule has 0 atom stereocenters. The summed E-state index contributed by atoms with van der Waals surface area (Å²) in [5.74, 6) is -4.57. The molecule has 8 heteroatoms. The highest BCUT2D eigenvalue weighted by atomic mass is 32.2. The molecule has 0 amide bonds. The summed E-state index contributed by atoms with van der Waals surface area (Å²) in [6.45, 7) is 0. The monoisotopic (exact) mass is 317 g/mol. The SMILES string of the molecule is COc1ccc(NS(=O)(=O)c2ccc(F)c(F)c2F)cc1. The average molecular weight is 317 g/mol. The van der Waals surface area contributed by atoms with Crippen molar-refractivity contribution in [1.29, 1.82) is 0 Å². The first-order valence-electron chi connectivity index (χ1n) is 5.65. The maximum atomic E-state index is 13.5. The summed E-state index contributed by atoms with van der Waals surface area (Å²) in [6.07, 6.45) is 0. The smallest absolute Gasteiger partial charge is 0.264 e. The topological polar surface area (TPSA) is 55.4 Å². The minimum atomic E-state index is -4.38. The fourth-order valence-corrected chi connectivity index (χ4v) is 2.71. The number of anilines is 1. The van der Waals surface area contributed by atoms with Gasteiger partial charge in [0.15, 0.2) is 17.5 Å². The summed E-state index contributed by atoms with van der Waals surface area (Å²) in [5.41, 5.74) is 0.125. The molecule has 0 heterocycles. The maximum absolute atomic E-state index is 13.5. The van der Waals surface area contributed by atoms with Gasteiger partial charge < -0.3 is 4.74 Å². The van der Waals surface area contributed by atoms with Crippen LogP contribution in [0.1, 0.15) is 0 Å². The van der Waals surface area contributed by atoms with Gasteiger partial charge in [-0.3, -0.25) is 4.72 Å². The highest BCUT2D eigenvalue weighted by Gasteiger charge is 2.24. The third kappa shape index (κ3) is 3.10. The van der Waals surface area contributed by atoms with Crippen molar-refractivity contribution in [3.63, 3.8) is 0 Å². The van der Waals surface area contributed by atoms with Crippen LogP contribution in [-0.2, 0) is 10.0 Å². The maximum Gasteiger partial charge on any atom is 0.264 e. The lowest BCUT2D eigenvalue weighted by atomic mass is 10.3. The van der Waals surface area contributed by atoms with Crippen LogP contribution >= 0.6 is 0 Å². The lowest BCUT2D eigenvalue weighted by Gasteiger charge is -2.10. The van der Waals surface area contributed by atoms with E-state index in [0.29, 0.717) is 17.9 Å². The van der Waals surface area contributed by atoms with Gasteiger partial charge >= 0.3 is 0 Å². The molecule has 0 spiro atoms. The highest BCUT2D eigenvalue weighted by molar-refractivity contribution is 7.92. The summed E-state index contributed by atoms with van der Waals surface area (Å²) in [5, 5.41) is 0. The van der Waals surface area contributed by atoms with Crippen LogP contribution in [-0.4, -0.2) is 15.5 Å². The van der Waals surface area contributed by atoms with Gasteiger partial charge in [0.1, 0.15) is 10.6 Å². The molecule has 21 heavy (non-hydrogen) atoms. The Morgan fingerprint density at radius 2 is 1.57 bits per heavy atom. The Hall–Kier alpha value is -2.22. The van der Waals surface area contributed by atoms with Gasteiger partial charge in [0.05, 0.1) is 7.11 Å². The number of sulfonamides is 1. The molecule has 0 unspecified atom stereocenters. The molecule has 2 rings (SSSR count). The highest BCUT2D eigenvalue weighted by Crippen LogP contribution is 2.23. The molecule has 112 valence electrons. The molecule has 0 aliphatic rings. The summed E-state index contributed by atoms with van der Waals surface area (Å²) >= 11 is 0. The van der Waals surface area contributed by atoms with E-state index in [0.717, 1.165) is 0 Å². The Kier molecular flexibility index (Phi) is 4.08. The third-order valence-electron chi connectivity index (χ3n) is 2.63. The molecule has 4 nitrogen and oxygen atoms in total. The number of benzene rings is 2. The number of ether oxygens (including phenoxy) is 1. The van der Waals surface area contributed by atoms with E-state index in [9.17, 15) is 21.6 Å². The largest absolute Gasteiger partial charge is 0.497 e. The second kappa shape index (κ2) is 5.65. The van der Waals surface area contributed by atoms with Gasteiger partial charge in [-0.25, -0.2) is 21.6 Å². The zero-order valence-electron chi connectivity index (χ0n) is 10.7. The summed E-state index contributed by atoms with van der Waals surface area (Å²) in [7, 11) is -2.93. The minimum absolute atomic E-state index is 0.125. The summed E-state index contributed by atoms with van der Waals surface area (Å²) < 4.78 is 70.3. The van der Waals surface area contributed by atoms with Crippen LogP contribution < -0.4 is 9.46 Å². The zero-order valence-corrected chi connectivity index (χ0v) is 11.5. The molecule has 2 aromatic carbocycles. The normalized spacial score (nSPS) is 11.2. The predicted molar refractivity (Wildman–Crippen MR) is 70.1 cm³/mol. The van der Waals surface area contributed by atoms with E-state index in [1.807, 2.05) is 0 Å². The zero-order chi connectivity index (χ0) is 15.6. The van der Waals surface area contributed by atoms with E-state index in [1.54, 1.807) is 0 Å². The van der Waals surface area contributed by atoms with E-state index in [4.69, 9.17) is 4.74 Å². The van der Waals surface area contributed by atoms with Gasteiger partial charge in [0.2, 0.25) is 0 Å². The van der Waals surface area contributed by atoms with Gasteiger partial charge in [-0.05, 0) is 36.4 Å². The van der Waals surface area contributed by atoms with Gasteiger partial charge in [-0.15, -0.1) is 0 Å². The Morgan fingerprint density at radius 1 is 0.952 bits per heavy atom. The fourth-order valence-electron chi connectivity index (χ4n) is 1.58. The summed E-state index contributed by atoms with van der Waals surface area (Å²) in [6, 6.07) is 6.93. The molecule has 0 radical (unpaired) electrons. The molecular formula is C13H10F3NO3S. The van der Waals surface area contributed by atoms with Crippen LogP contribution in [0.3, 0.4) is 0 Å². The molecule has 0 saturated carbocycles. The average Bonchev–Trinajstić information content (AvgIpc) is 2.45. The number of halogens is 3. The van der Waals surface area contributed by atoms with Crippen molar-refractivity contribution in [3.8, 4) is 5.75 Å². The molecule has 0 aromatic heterocycles. The standard InChI is InChI=1S/C13H10F3NO3S/c1-20-9-4-2-8(3-5-9)17-21(18,19)11-7-6-10(14)12(15)13(11)16/h2-7,17H,1H3. The van der Waals surface area contributed by atoms with E-state index in [1.165, 1.54) is 31.4 Å². The van der Waals surface area contributed by atoms with Crippen LogP contribution in [0.2, 0.25) is 0 Å². The predicted octanol–water partition coefficient (Wildman–Crippen LogP) is 2.91. The number of hydrogen-bond donors (Lipinski definition) is 1. The number of methoxy groups -OCH3 is 1. The summed E-state index contributed by atoms with van der Waals surface area (Å²) in [4.78, 5) is -0.975. The van der Waals surface area contributed by atoms with Crippen molar-refractivity contribution in [2.24, 2.45) is 0 Å². The van der Waals surface area contributed by atoms with Crippen molar-refractivity contribution in [2.45, 2.75) is 4.90 Å². The second-order valence-electron chi connectivity index (χ2n) is 4.01. The van der Waals surface area contributed by atoms with Gasteiger partial charge in [-0.1, -0.05) is 0 Å². The van der Waals surface area contributed by atoms with E-state index in [-0.39, 0.29) is 5.69 Å². The molecule has 0 aliphatic carbocycles. The number of nitrogens with one attached hydrogen (secondary N) is 1. The molecule has 2 aromatic rings. The lowest BCUT2D eigenvalue weighted by Crippen LogP contribution is -2.15. The van der Waals surface area contributed by atoms with Crippen molar-refractivity contribution in [1.82, 2.24) is 0 Å². The van der Waals surface area contributed by atoms with E-state index < -0.39 is 32.4 Å². The second-order valence-corrected chi connectivity index (χ2v) is 5.66. The molecule has 0 aliphatic heterocycles. The third-order valence-corrected chi connectivity index (χ3v) is 4.03. The van der Waals surface area contributed by atoms with Crippen LogP contribution in [0.5, 0.6) is 5.75 Å². The van der Waals surface area contributed by atoms with Gasteiger partial charge in [-0.2, -0.15) is 0 Å². The fraction of sp³-hybridized carbons (Fsp3) is 0.0769. The minimum Gasteiger partial charge on any atom is -0.497 e. The van der Waals surface area contributed by atoms with Crippen LogP contribution in [0.25, 0.3) is 0 Å². The van der Waals surface area contributed by atoms with Crippen LogP contribution in [0.4, 0.5) is 18.9 Å². The quantitative estimate of drug-likeness (QED) is 0.882. The Morgan fingerprint density at radius 3 is 2.14 bits per heavy atom. The van der Waals surface area contributed by atoms with E-state index >= 15 is 0 Å². The molecule has 0 fully saturated rings. The van der Waals surface area contributed by atoms with Crippen molar-refractivity contribution < 1.29 is 26.3 Å². The Bertz CT molecular complexity index is 761. The van der Waals surface area contributed by atoms with Crippen molar-refractivity contribution in [2.75, 3.05) is 11.8 Å². The van der Waals surface area contributed by atoms with Crippen LogP contribution in [0.15, 0.2) is 41.3 Å². The van der Waals surface area contributed by atoms with Crippen molar-refractivity contribution >= 4 is 15.7 Å². The molecular weight excluding hydrogens is 307 g/mol. The van der Waals surface area contributed by atoms with E-state index in [2.05, 4.69) is 4.72 Å². The first kappa shape index (κ1) is 15.2. The van der Waals surface area contributed by atoms with Gasteiger partial charge in [0, 0.05) is 5.69 Å². The Balaban J connectivity index is 2.36. The lowest BCUT2D eigenvalue weighted by molar-refractivity contribution is 0.415.